The molecule has 4 rings (SSSR count). The maximum absolute atomic E-state index is 13.1. The summed E-state index contributed by atoms with van der Waals surface area (Å²) in [6.07, 6.45) is 8.68. The molecular weight excluding hydrogens is 400 g/mol. The molecule has 4 aromatic rings. The third kappa shape index (κ3) is 4.87. The molecule has 1 N–H and O–H groups in total. The third-order valence-corrected chi connectivity index (χ3v) is 4.75. The van der Waals surface area contributed by atoms with E-state index in [9.17, 15) is 9.59 Å². The van der Waals surface area contributed by atoms with Crippen LogP contribution in [0.4, 0.5) is 5.69 Å². The van der Waals surface area contributed by atoms with Crippen LogP contribution in [0.25, 0.3) is 23.2 Å². The van der Waals surface area contributed by atoms with Gasteiger partial charge in [-0.05, 0) is 50.3 Å². The highest BCUT2D eigenvalue weighted by Crippen LogP contribution is 2.20. The van der Waals surface area contributed by atoms with Crippen LogP contribution in [0.1, 0.15) is 35.5 Å². The summed E-state index contributed by atoms with van der Waals surface area (Å²) >= 11 is 0. The van der Waals surface area contributed by atoms with Gasteiger partial charge < -0.3 is 5.32 Å². The summed E-state index contributed by atoms with van der Waals surface area (Å²) in [5, 5.41) is 8.11. The Morgan fingerprint density at radius 1 is 0.969 bits per heavy atom. The zero-order chi connectivity index (χ0) is 22.5. The molecule has 1 amide bonds. The van der Waals surface area contributed by atoms with Crippen LogP contribution in [0.3, 0.4) is 0 Å². The van der Waals surface area contributed by atoms with Gasteiger partial charge in [-0.1, -0.05) is 35.9 Å². The zero-order valence-corrected chi connectivity index (χ0v) is 17.8. The van der Waals surface area contributed by atoms with E-state index >= 15 is 0 Å². The van der Waals surface area contributed by atoms with E-state index < -0.39 is 0 Å². The molecule has 2 heterocycles. The van der Waals surface area contributed by atoms with Gasteiger partial charge in [0.2, 0.25) is 5.91 Å². The molecule has 0 aliphatic heterocycles. The van der Waals surface area contributed by atoms with Crippen molar-refractivity contribution in [2.75, 3.05) is 5.32 Å². The van der Waals surface area contributed by atoms with Gasteiger partial charge in [-0.15, -0.1) is 0 Å². The normalized spacial score (nSPS) is 10.9. The highest BCUT2D eigenvalue weighted by molar-refractivity contribution is 6.11. The minimum Gasteiger partial charge on any atom is -0.322 e. The highest BCUT2D eigenvalue weighted by Gasteiger charge is 2.12. The predicted molar refractivity (Wildman–Crippen MR) is 127 cm³/mol. The average molecular weight is 422 g/mol. The second kappa shape index (κ2) is 9.22. The smallest absolute Gasteiger partial charge is 0.248 e. The molecule has 32 heavy (non-hydrogen) atoms. The first-order valence-electron chi connectivity index (χ1n) is 10.2. The Labute approximate surface area is 185 Å². The van der Waals surface area contributed by atoms with E-state index in [0.717, 1.165) is 22.2 Å². The van der Waals surface area contributed by atoms with Crippen molar-refractivity contribution in [3.63, 3.8) is 0 Å². The van der Waals surface area contributed by atoms with Gasteiger partial charge in [0.25, 0.3) is 0 Å². The Balaban J connectivity index is 1.60. The number of ketones is 1. The molecular formula is C26H22N4O2. The van der Waals surface area contributed by atoms with Crippen LogP contribution in [0, 0.1) is 0 Å². The number of amides is 1. The van der Waals surface area contributed by atoms with E-state index in [4.69, 9.17) is 0 Å². The Hall–Kier alpha value is -4.32. The molecule has 0 bridgehead atoms. The Morgan fingerprint density at radius 3 is 2.59 bits per heavy atom. The second-order valence-corrected chi connectivity index (χ2v) is 7.55. The first-order valence-corrected chi connectivity index (χ1v) is 10.2. The number of carbonyl (C=O) groups excluding carboxylic acids is 2. The van der Waals surface area contributed by atoms with Crippen LogP contribution in [0.2, 0.25) is 0 Å². The molecule has 6 nitrogen and oxygen atoms in total. The monoisotopic (exact) mass is 422 g/mol. The summed E-state index contributed by atoms with van der Waals surface area (Å²) < 4.78 is 1.72. The number of benzene rings is 2. The van der Waals surface area contributed by atoms with Crippen LogP contribution >= 0.6 is 0 Å². The van der Waals surface area contributed by atoms with Gasteiger partial charge in [0.15, 0.2) is 5.78 Å². The molecule has 158 valence electrons. The lowest BCUT2D eigenvalue weighted by Crippen LogP contribution is -2.09. The lowest BCUT2D eigenvalue weighted by molar-refractivity contribution is -0.111. The largest absolute Gasteiger partial charge is 0.322 e. The number of fused-ring (bicyclic) bond motifs is 1. The lowest BCUT2D eigenvalue weighted by Gasteiger charge is -2.07. The van der Waals surface area contributed by atoms with Crippen molar-refractivity contribution >= 4 is 40.6 Å². The van der Waals surface area contributed by atoms with E-state index in [2.05, 4.69) is 15.4 Å². The molecule has 0 aliphatic rings. The van der Waals surface area contributed by atoms with E-state index in [1.54, 1.807) is 47.4 Å². The minimum atomic E-state index is -0.223. The molecule has 0 aliphatic carbocycles. The van der Waals surface area contributed by atoms with Gasteiger partial charge in [0.1, 0.15) is 0 Å². The molecule has 0 fully saturated rings. The van der Waals surface area contributed by atoms with Gasteiger partial charge in [0.05, 0.1) is 17.4 Å². The molecule has 0 radical (unpaired) electrons. The van der Waals surface area contributed by atoms with Gasteiger partial charge >= 0.3 is 0 Å². The predicted octanol–water partition coefficient (Wildman–Crippen LogP) is 5.19. The van der Waals surface area contributed by atoms with Crippen molar-refractivity contribution in [3.8, 4) is 0 Å². The summed E-state index contributed by atoms with van der Waals surface area (Å²) in [5.41, 5.74) is 4.14. The SMILES string of the molecule is CC(C)=CC(=O)Nc1cccc(C(=O)c2ccc3cnn(C=Cc4ccccn4)c3c2)c1. The van der Waals surface area contributed by atoms with Gasteiger partial charge in [-0.2, -0.15) is 5.10 Å². The number of anilines is 1. The van der Waals surface area contributed by atoms with Gasteiger partial charge in [-0.3, -0.25) is 14.6 Å². The van der Waals surface area contributed by atoms with Crippen LogP contribution in [0.15, 0.2) is 84.7 Å². The topological polar surface area (TPSA) is 76.9 Å². The third-order valence-electron chi connectivity index (χ3n) is 4.75. The van der Waals surface area contributed by atoms with Crippen molar-refractivity contribution in [2.24, 2.45) is 0 Å². The van der Waals surface area contributed by atoms with Crippen LogP contribution < -0.4 is 5.32 Å². The van der Waals surface area contributed by atoms with E-state index in [-0.39, 0.29) is 11.7 Å². The van der Waals surface area contributed by atoms with Crippen molar-refractivity contribution < 1.29 is 9.59 Å². The molecule has 2 aromatic carbocycles. The highest BCUT2D eigenvalue weighted by atomic mass is 16.1. The number of allylic oxidation sites excluding steroid dienone is 1. The number of carbonyl (C=O) groups is 2. The van der Waals surface area contributed by atoms with Crippen molar-refractivity contribution in [2.45, 2.75) is 13.8 Å². The molecule has 0 saturated carbocycles. The van der Waals surface area contributed by atoms with Crippen molar-refractivity contribution in [1.82, 2.24) is 14.8 Å². The molecule has 2 aromatic heterocycles. The van der Waals surface area contributed by atoms with Crippen molar-refractivity contribution in [1.29, 1.82) is 0 Å². The first kappa shape index (κ1) is 20.9. The van der Waals surface area contributed by atoms with E-state index in [1.165, 1.54) is 6.08 Å². The Kier molecular flexibility index (Phi) is 6.03. The van der Waals surface area contributed by atoms with Crippen LogP contribution in [-0.4, -0.2) is 26.5 Å². The summed E-state index contributed by atoms with van der Waals surface area (Å²) in [6, 6.07) is 18.1. The molecule has 0 unspecified atom stereocenters. The van der Waals surface area contributed by atoms with Gasteiger partial charge in [0, 0.05) is 40.7 Å². The Bertz CT molecular complexity index is 1350. The maximum Gasteiger partial charge on any atom is 0.248 e. The lowest BCUT2D eigenvalue weighted by atomic mass is 10.0. The molecule has 0 atom stereocenters. The van der Waals surface area contributed by atoms with Crippen LogP contribution in [-0.2, 0) is 4.79 Å². The number of nitrogens with zero attached hydrogens (tertiary/aromatic N) is 3. The maximum atomic E-state index is 13.1. The summed E-state index contributed by atoms with van der Waals surface area (Å²) in [4.78, 5) is 29.4. The number of aromatic nitrogens is 3. The zero-order valence-electron chi connectivity index (χ0n) is 17.8. The quantitative estimate of drug-likeness (QED) is 0.342. The summed E-state index contributed by atoms with van der Waals surface area (Å²) in [6.45, 7) is 3.71. The number of hydrogen-bond donors (Lipinski definition) is 1. The standard InChI is InChI=1S/C26H22N4O2/c1-18(2)14-25(31)29-23-8-5-6-19(15-23)26(32)20-9-10-21-17-28-30(24(21)16-20)13-11-22-7-3-4-12-27-22/h3-17H,1-2H3,(H,29,31). The molecule has 6 heteroatoms. The fourth-order valence-electron chi connectivity index (χ4n) is 3.26. The summed E-state index contributed by atoms with van der Waals surface area (Å²) in [5.74, 6) is -0.355. The number of rotatable bonds is 6. The first-order chi connectivity index (χ1) is 15.5. The molecule has 0 saturated heterocycles. The summed E-state index contributed by atoms with van der Waals surface area (Å²) in [7, 11) is 0. The second-order valence-electron chi connectivity index (χ2n) is 7.55. The van der Waals surface area contributed by atoms with E-state index in [1.807, 2.05) is 56.5 Å². The fourth-order valence-corrected chi connectivity index (χ4v) is 3.26. The van der Waals surface area contributed by atoms with Crippen molar-refractivity contribution in [3.05, 3.63) is 102 Å². The number of pyridine rings is 1. The average Bonchev–Trinajstić information content (AvgIpc) is 3.19. The fraction of sp³-hybridized carbons (Fsp3) is 0.0769. The van der Waals surface area contributed by atoms with E-state index in [0.29, 0.717) is 16.8 Å². The van der Waals surface area contributed by atoms with Crippen LogP contribution in [0.5, 0.6) is 0 Å². The minimum absolute atomic E-state index is 0.133. The molecule has 0 spiro atoms. The van der Waals surface area contributed by atoms with Gasteiger partial charge in [-0.25, -0.2) is 4.68 Å². The number of hydrogen-bond acceptors (Lipinski definition) is 4. The number of nitrogens with one attached hydrogen (secondary N) is 1. The Morgan fingerprint density at radius 2 is 1.81 bits per heavy atom.